The Morgan fingerprint density at radius 3 is 1.63 bits per heavy atom. The summed E-state index contributed by atoms with van der Waals surface area (Å²) >= 11 is 0. The van der Waals surface area contributed by atoms with Crippen LogP contribution in [0.25, 0.3) is 0 Å². The molecule has 0 aliphatic heterocycles. The van der Waals surface area contributed by atoms with Crippen LogP contribution in [-0.2, 0) is 6.17 Å². The molecule has 6 aromatic rings. The second kappa shape index (κ2) is 13.0. The molecule has 5 aromatic carbocycles. The molecule has 0 amide bonds. The number of imidazole rings is 1. The predicted octanol–water partition coefficient (Wildman–Crippen LogP) is 4.46. The van der Waals surface area contributed by atoms with E-state index in [1.807, 2.05) is 18.3 Å². The summed E-state index contributed by atoms with van der Waals surface area (Å²) in [4.78, 5) is 4.98. The fraction of sp³-hybridized carbons (Fsp3) is 0.108. The van der Waals surface area contributed by atoms with E-state index in [1.54, 1.807) is 14.2 Å². The number of methoxy groups -OCH3 is 2. The highest BCUT2D eigenvalue weighted by Gasteiger charge is 2.41. The molecule has 0 aliphatic rings. The van der Waals surface area contributed by atoms with Gasteiger partial charge in [0.05, 0.1) is 19.9 Å². The summed E-state index contributed by atoms with van der Waals surface area (Å²) in [7, 11) is 1.55. The third-order valence-corrected chi connectivity index (χ3v) is 13.1. The lowest BCUT2D eigenvalue weighted by molar-refractivity contribution is 0.415. The Bertz CT molecular complexity index is 1670. The molecular weight excluding hydrogens is 543 g/mol. The van der Waals surface area contributed by atoms with Crippen molar-refractivity contribution in [3.63, 3.8) is 0 Å². The number of ether oxygens (including phenoxy) is 2. The molecule has 0 saturated carbocycles. The first kappa shape index (κ1) is 28.3. The average molecular weight is 579 g/mol. The molecule has 0 fully saturated rings. The molecule has 6 heteroatoms. The van der Waals surface area contributed by atoms with Crippen molar-refractivity contribution in [3.8, 4) is 11.5 Å². The highest BCUT2D eigenvalue weighted by molar-refractivity contribution is 7.10. The molecule has 0 unspecified atom stereocenters. The van der Waals surface area contributed by atoms with Crippen molar-refractivity contribution in [2.75, 3.05) is 14.2 Å². The first-order valence-electron chi connectivity index (χ1n) is 14.7. The lowest BCUT2D eigenvalue weighted by Gasteiger charge is -2.35. The van der Waals surface area contributed by atoms with Crippen molar-refractivity contribution in [1.29, 1.82) is 0 Å². The van der Waals surface area contributed by atoms with E-state index in [1.165, 1.54) is 26.7 Å². The molecule has 212 valence electrons. The van der Waals surface area contributed by atoms with Crippen molar-refractivity contribution in [3.05, 3.63) is 163 Å². The molecule has 0 atom stereocenters. The van der Waals surface area contributed by atoms with E-state index >= 15 is 0 Å². The summed E-state index contributed by atoms with van der Waals surface area (Å²) in [5.74, 6) is 1.89. The van der Waals surface area contributed by atoms with Crippen LogP contribution in [0.4, 0.5) is 0 Å². The minimum absolute atomic E-state index is 0.185. The number of benzene rings is 5. The molecule has 4 nitrogen and oxygen atoms in total. The monoisotopic (exact) mass is 578 g/mol. The summed E-state index contributed by atoms with van der Waals surface area (Å²) < 4.78 is 13.9. The Labute approximate surface area is 255 Å². The third-order valence-electron chi connectivity index (χ3n) is 8.39. The first-order chi connectivity index (χ1) is 21.2. The van der Waals surface area contributed by atoms with Crippen LogP contribution in [0.3, 0.4) is 0 Å². The van der Waals surface area contributed by atoms with E-state index in [2.05, 4.69) is 138 Å². The van der Waals surface area contributed by atoms with Gasteiger partial charge >= 0.3 is 0 Å². The maximum absolute atomic E-state index is 5.75. The average Bonchev–Trinajstić information content (AvgIpc) is 3.53. The SMILES string of the molecule is COc1cccc([Si](Cn2ccnc2BC(c2ccccc2)c2ccccc2)(c2ccccc2)c2cccc(OC)c2)c1. The first-order valence-corrected chi connectivity index (χ1v) is 16.9. The van der Waals surface area contributed by atoms with Gasteiger partial charge in [0.1, 0.15) is 11.5 Å². The Morgan fingerprint density at radius 2 is 1.12 bits per heavy atom. The number of nitrogens with zero attached hydrogens (tertiary/aromatic N) is 2. The number of rotatable bonds is 11. The van der Waals surface area contributed by atoms with Crippen molar-refractivity contribution in [1.82, 2.24) is 9.55 Å². The van der Waals surface area contributed by atoms with Gasteiger partial charge in [0.15, 0.2) is 8.07 Å². The van der Waals surface area contributed by atoms with Crippen LogP contribution in [0.2, 0.25) is 0 Å². The Balaban J connectivity index is 1.52. The van der Waals surface area contributed by atoms with Crippen molar-refractivity contribution >= 4 is 36.6 Å². The lowest BCUT2D eigenvalue weighted by atomic mass is 9.58. The molecule has 0 radical (unpaired) electrons. The number of aromatic nitrogens is 2. The minimum Gasteiger partial charge on any atom is -0.497 e. The van der Waals surface area contributed by atoms with Crippen LogP contribution in [0.5, 0.6) is 11.5 Å². The second-order valence-electron chi connectivity index (χ2n) is 10.8. The van der Waals surface area contributed by atoms with E-state index in [4.69, 9.17) is 14.5 Å². The second-order valence-corrected chi connectivity index (χ2v) is 14.6. The molecular formula is C37H35BN2O2Si. The topological polar surface area (TPSA) is 36.3 Å². The normalized spacial score (nSPS) is 11.3. The van der Waals surface area contributed by atoms with E-state index in [0.717, 1.165) is 30.7 Å². The largest absolute Gasteiger partial charge is 0.497 e. The molecule has 6 rings (SSSR count). The van der Waals surface area contributed by atoms with Crippen molar-refractivity contribution in [2.24, 2.45) is 0 Å². The molecule has 0 spiro atoms. The van der Waals surface area contributed by atoms with Gasteiger partial charge in [0.2, 0.25) is 7.28 Å². The maximum Gasteiger partial charge on any atom is 0.217 e. The van der Waals surface area contributed by atoms with Gasteiger partial charge in [-0.05, 0) is 56.8 Å². The fourth-order valence-corrected chi connectivity index (χ4v) is 10.8. The number of hydrogen-bond acceptors (Lipinski definition) is 3. The molecule has 0 bridgehead atoms. The highest BCUT2D eigenvalue weighted by atomic mass is 28.3. The summed E-state index contributed by atoms with van der Waals surface area (Å²) in [6.45, 7) is 0. The molecule has 1 heterocycles. The summed E-state index contributed by atoms with van der Waals surface area (Å²) in [6, 6.07) is 49.7. The van der Waals surface area contributed by atoms with E-state index in [-0.39, 0.29) is 5.82 Å². The van der Waals surface area contributed by atoms with E-state index in [0.29, 0.717) is 0 Å². The predicted molar refractivity (Wildman–Crippen MR) is 181 cm³/mol. The van der Waals surface area contributed by atoms with Gasteiger partial charge in [-0.15, -0.1) is 0 Å². The Kier molecular flexibility index (Phi) is 8.57. The fourth-order valence-electron chi connectivity index (χ4n) is 6.18. The quantitative estimate of drug-likeness (QED) is 0.168. The van der Waals surface area contributed by atoms with Crippen LogP contribution in [0, 0.1) is 0 Å². The molecule has 0 N–H and O–H groups in total. The van der Waals surface area contributed by atoms with Crippen LogP contribution < -0.4 is 30.8 Å². The van der Waals surface area contributed by atoms with Gasteiger partial charge in [-0.3, -0.25) is 4.98 Å². The van der Waals surface area contributed by atoms with E-state index < -0.39 is 8.07 Å². The molecule has 0 saturated heterocycles. The zero-order valence-corrected chi connectivity index (χ0v) is 25.6. The van der Waals surface area contributed by atoms with Crippen LogP contribution in [0.1, 0.15) is 16.9 Å². The summed E-state index contributed by atoms with van der Waals surface area (Å²) in [5.41, 5.74) is 3.64. The van der Waals surface area contributed by atoms with Gasteiger partial charge in [-0.1, -0.05) is 115 Å². The van der Waals surface area contributed by atoms with Crippen molar-refractivity contribution < 1.29 is 9.47 Å². The third kappa shape index (κ3) is 5.92. The van der Waals surface area contributed by atoms with Crippen molar-refractivity contribution in [2.45, 2.75) is 12.0 Å². The highest BCUT2D eigenvalue weighted by Crippen LogP contribution is 2.24. The minimum atomic E-state index is -2.70. The van der Waals surface area contributed by atoms with Gasteiger partial charge in [0.25, 0.3) is 0 Å². The Morgan fingerprint density at radius 1 is 0.628 bits per heavy atom. The zero-order valence-electron chi connectivity index (χ0n) is 24.6. The van der Waals surface area contributed by atoms with Crippen LogP contribution in [0.15, 0.2) is 152 Å². The molecule has 0 aliphatic carbocycles. The van der Waals surface area contributed by atoms with Gasteiger partial charge in [-0.25, -0.2) is 0 Å². The van der Waals surface area contributed by atoms with Gasteiger partial charge < -0.3 is 14.0 Å². The summed E-state index contributed by atoms with van der Waals surface area (Å²) in [6.07, 6.45) is 4.88. The maximum atomic E-state index is 5.75. The van der Waals surface area contributed by atoms with E-state index in [9.17, 15) is 0 Å². The molecule has 43 heavy (non-hydrogen) atoms. The lowest BCUT2D eigenvalue weighted by Crippen LogP contribution is -2.70. The number of hydrogen-bond donors (Lipinski definition) is 0. The zero-order chi connectivity index (χ0) is 29.5. The smallest absolute Gasteiger partial charge is 0.217 e. The standard InChI is InChI=1S/C37H35BN2O2Si/c1-41-31-18-12-22-34(26-31)43(33-20-10-5-11-21-33,35-23-13-19-32(27-35)42-2)28-40-25-24-39-37(40)38-36(29-14-6-3-7-15-29)30-16-8-4-9-17-30/h3-27,36,38H,28H2,1-2H3. The van der Waals surface area contributed by atoms with Crippen LogP contribution >= 0.6 is 0 Å². The Hall–Kier alpha value is -4.81. The molecule has 1 aromatic heterocycles. The van der Waals surface area contributed by atoms with Gasteiger partial charge in [0, 0.05) is 18.6 Å². The van der Waals surface area contributed by atoms with Gasteiger partial charge in [-0.2, -0.15) is 0 Å². The summed E-state index contributed by atoms with van der Waals surface area (Å²) in [5, 5.41) is 3.86. The van der Waals surface area contributed by atoms with Crippen LogP contribution in [-0.4, -0.2) is 39.1 Å².